The maximum absolute atomic E-state index is 13.1. The molecule has 0 fully saturated rings. The zero-order valence-electron chi connectivity index (χ0n) is 7.15. The highest BCUT2D eigenvalue weighted by Crippen LogP contribution is 2.30. The van der Waals surface area contributed by atoms with Crippen LogP contribution in [0.5, 0.6) is 0 Å². The lowest BCUT2D eigenvalue weighted by Gasteiger charge is -2.07. The normalized spacial score (nSPS) is 10.7. The second-order valence-electron chi connectivity index (χ2n) is 2.68. The van der Waals surface area contributed by atoms with Crippen molar-refractivity contribution in [3.05, 3.63) is 34.1 Å². The van der Waals surface area contributed by atoms with Crippen molar-refractivity contribution in [3.8, 4) is 0 Å². The van der Waals surface area contributed by atoms with E-state index in [2.05, 4.69) is 0 Å². The monoisotopic (exact) mass is 222 g/mol. The highest BCUT2D eigenvalue weighted by Gasteiger charge is 2.22. The van der Waals surface area contributed by atoms with Gasteiger partial charge in [0.15, 0.2) is 11.6 Å². The van der Waals surface area contributed by atoms with Gasteiger partial charge >= 0.3 is 0 Å². The van der Waals surface area contributed by atoms with Crippen LogP contribution in [-0.2, 0) is 0 Å². The molecule has 0 bridgehead atoms. The number of halogens is 4. The molecule has 5 heteroatoms. The van der Waals surface area contributed by atoms with Crippen LogP contribution in [0.1, 0.15) is 29.3 Å². The van der Waals surface area contributed by atoms with Gasteiger partial charge in [0.25, 0.3) is 6.43 Å². The minimum Gasteiger partial charge on any atom is -0.294 e. The van der Waals surface area contributed by atoms with Crippen molar-refractivity contribution in [2.24, 2.45) is 0 Å². The Kier molecular flexibility index (Phi) is 3.16. The Balaban J connectivity index is 3.45. The van der Waals surface area contributed by atoms with Crippen molar-refractivity contribution in [2.75, 3.05) is 0 Å². The Hall–Kier alpha value is -1.03. The number of hydrogen-bond donors (Lipinski definition) is 0. The van der Waals surface area contributed by atoms with Crippen molar-refractivity contribution in [1.29, 1.82) is 0 Å². The van der Waals surface area contributed by atoms with E-state index in [4.69, 9.17) is 11.6 Å². The van der Waals surface area contributed by atoms with Gasteiger partial charge in [-0.1, -0.05) is 11.6 Å². The lowest BCUT2D eigenvalue weighted by atomic mass is 10.0. The number of carbonyl (C=O) groups excluding carboxylic acids is 1. The van der Waals surface area contributed by atoms with Crippen molar-refractivity contribution in [2.45, 2.75) is 13.3 Å². The summed E-state index contributed by atoms with van der Waals surface area (Å²) in [4.78, 5) is 10.9. The largest absolute Gasteiger partial charge is 0.294 e. The molecule has 1 aromatic rings. The van der Waals surface area contributed by atoms with E-state index >= 15 is 0 Å². The molecular formula is C9H6ClF3O. The summed E-state index contributed by atoms with van der Waals surface area (Å²) in [5.41, 5.74) is -1.26. The lowest BCUT2D eigenvalue weighted by molar-refractivity contribution is 0.0996. The van der Waals surface area contributed by atoms with Gasteiger partial charge < -0.3 is 0 Å². The summed E-state index contributed by atoms with van der Waals surface area (Å²) in [5, 5.41) is -0.412. The van der Waals surface area contributed by atoms with Gasteiger partial charge in [0.05, 0.1) is 10.6 Å². The topological polar surface area (TPSA) is 17.1 Å². The molecular weight excluding hydrogens is 217 g/mol. The molecule has 0 aliphatic carbocycles. The quantitative estimate of drug-likeness (QED) is 0.699. The van der Waals surface area contributed by atoms with E-state index < -0.39 is 28.6 Å². The van der Waals surface area contributed by atoms with Crippen LogP contribution in [0.2, 0.25) is 5.02 Å². The third kappa shape index (κ3) is 1.90. The van der Waals surface area contributed by atoms with Crippen molar-refractivity contribution < 1.29 is 18.0 Å². The maximum atomic E-state index is 13.1. The van der Waals surface area contributed by atoms with E-state index in [1.807, 2.05) is 0 Å². The first-order chi connectivity index (χ1) is 6.45. The molecule has 76 valence electrons. The van der Waals surface area contributed by atoms with Crippen LogP contribution >= 0.6 is 11.6 Å². The number of alkyl halides is 2. The molecule has 1 nitrogen and oxygen atoms in total. The van der Waals surface area contributed by atoms with Crippen molar-refractivity contribution in [3.63, 3.8) is 0 Å². The van der Waals surface area contributed by atoms with Crippen LogP contribution < -0.4 is 0 Å². The second-order valence-corrected chi connectivity index (χ2v) is 3.09. The summed E-state index contributed by atoms with van der Waals surface area (Å²) in [7, 11) is 0. The molecule has 0 amide bonds. The zero-order valence-corrected chi connectivity index (χ0v) is 7.91. The minimum atomic E-state index is -3.05. The Morgan fingerprint density at radius 1 is 1.43 bits per heavy atom. The fraction of sp³-hybridized carbons (Fsp3) is 0.222. The predicted octanol–water partition coefficient (Wildman–Crippen LogP) is 3.62. The first-order valence-corrected chi connectivity index (χ1v) is 4.10. The predicted molar refractivity (Wildman–Crippen MR) is 46.4 cm³/mol. The Morgan fingerprint density at radius 3 is 2.43 bits per heavy atom. The number of Topliss-reactive ketones (excluding diaryl/α,β-unsaturated/α-hetero) is 1. The second kappa shape index (κ2) is 4.00. The number of hydrogen-bond acceptors (Lipinski definition) is 1. The summed E-state index contributed by atoms with van der Waals surface area (Å²) < 4.78 is 37.9. The number of ketones is 1. The lowest BCUT2D eigenvalue weighted by Crippen LogP contribution is -2.03. The summed E-state index contributed by atoms with van der Waals surface area (Å²) in [6.45, 7) is 1.09. The fourth-order valence-electron chi connectivity index (χ4n) is 1.09. The SMILES string of the molecule is CC(=O)c1ccc(Cl)c(F)c1C(F)F. The standard InChI is InChI=1S/C9H6ClF3O/c1-4(14)5-2-3-6(10)8(11)7(5)9(12)13/h2-3,9H,1H3. The van der Waals surface area contributed by atoms with E-state index in [1.165, 1.54) is 0 Å². The molecule has 0 spiro atoms. The zero-order chi connectivity index (χ0) is 10.9. The van der Waals surface area contributed by atoms with Gasteiger partial charge in [-0.3, -0.25) is 4.79 Å². The van der Waals surface area contributed by atoms with E-state index in [1.54, 1.807) is 0 Å². The average molecular weight is 223 g/mol. The molecule has 0 aromatic heterocycles. The van der Waals surface area contributed by atoms with Crippen molar-refractivity contribution in [1.82, 2.24) is 0 Å². The molecule has 0 atom stereocenters. The first-order valence-electron chi connectivity index (χ1n) is 3.72. The molecule has 0 radical (unpaired) electrons. The van der Waals surface area contributed by atoms with Crippen LogP contribution in [0.3, 0.4) is 0 Å². The summed E-state index contributed by atoms with van der Waals surface area (Å²) >= 11 is 5.31. The maximum Gasteiger partial charge on any atom is 0.267 e. The number of benzene rings is 1. The van der Waals surface area contributed by atoms with E-state index in [-0.39, 0.29) is 5.56 Å². The molecule has 0 aliphatic rings. The van der Waals surface area contributed by atoms with Gasteiger partial charge in [-0.15, -0.1) is 0 Å². The molecule has 0 N–H and O–H groups in total. The van der Waals surface area contributed by atoms with E-state index in [0.717, 1.165) is 19.1 Å². The average Bonchev–Trinajstić information content (AvgIpc) is 2.08. The van der Waals surface area contributed by atoms with Crippen LogP contribution in [0.4, 0.5) is 13.2 Å². The Morgan fingerprint density at radius 2 is 2.00 bits per heavy atom. The van der Waals surface area contributed by atoms with E-state index in [0.29, 0.717) is 0 Å². The van der Waals surface area contributed by atoms with Gasteiger partial charge in [-0.05, 0) is 19.1 Å². The molecule has 1 rings (SSSR count). The molecule has 0 saturated carbocycles. The number of carbonyl (C=O) groups is 1. The van der Waals surface area contributed by atoms with E-state index in [9.17, 15) is 18.0 Å². The summed E-state index contributed by atoms with van der Waals surface area (Å²) in [6, 6.07) is 2.18. The third-order valence-corrected chi connectivity index (χ3v) is 2.02. The summed E-state index contributed by atoms with van der Waals surface area (Å²) in [5.74, 6) is -1.84. The third-order valence-electron chi connectivity index (χ3n) is 1.73. The van der Waals surface area contributed by atoms with Crippen molar-refractivity contribution >= 4 is 17.4 Å². The van der Waals surface area contributed by atoms with Crippen LogP contribution in [0, 0.1) is 5.82 Å². The fourth-order valence-corrected chi connectivity index (χ4v) is 1.25. The van der Waals surface area contributed by atoms with Gasteiger partial charge in [0.2, 0.25) is 0 Å². The Bertz CT molecular complexity index is 377. The molecule has 0 saturated heterocycles. The first kappa shape index (κ1) is 11.0. The van der Waals surface area contributed by atoms with Crippen LogP contribution in [-0.4, -0.2) is 5.78 Å². The highest BCUT2D eigenvalue weighted by atomic mass is 35.5. The minimum absolute atomic E-state index is 0.332. The van der Waals surface area contributed by atoms with Gasteiger partial charge in [0.1, 0.15) is 0 Å². The number of rotatable bonds is 2. The van der Waals surface area contributed by atoms with Gasteiger partial charge in [0, 0.05) is 5.56 Å². The van der Waals surface area contributed by atoms with Crippen LogP contribution in [0.15, 0.2) is 12.1 Å². The van der Waals surface area contributed by atoms with Gasteiger partial charge in [-0.25, -0.2) is 13.2 Å². The highest BCUT2D eigenvalue weighted by molar-refractivity contribution is 6.31. The smallest absolute Gasteiger partial charge is 0.267 e. The molecule has 0 unspecified atom stereocenters. The molecule has 0 heterocycles. The van der Waals surface area contributed by atoms with Gasteiger partial charge in [-0.2, -0.15) is 0 Å². The van der Waals surface area contributed by atoms with Crippen LogP contribution in [0.25, 0.3) is 0 Å². The molecule has 0 aliphatic heterocycles. The summed E-state index contributed by atoms with van der Waals surface area (Å²) in [6.07, 6.45) is -3.05. The Labute approximate surface area is 83.5 Å². The molecule has 14 heavy (non-hydrogen) atoms. The molecule has 1 aromatic carbocycles.